The summed E-state index contributed by atoms with van der Waals surface area (Å²) in [4.78, 5) is 30.4. The average molecular weight is 404 g/mol. The average Bonchev–Trinajstić information content (AvgIpc) is 3.10. The number of hydrogen-bond acceptors (Lipinski definition) is 4. The van der Waals surface area contributed by atoms with E-state index in [0.717, 1.165) is 21.0 Å². The molecule has 0 aliphatic carbocycles. The van der Waals surface area contributed by atoms with Gasteiger partial charge in [-0.3, -0.25) is 4.79 Å². The first-order valence-electron chi connectivity index (χ1n) is 9.43. The number of amides is 1. The number of fused-ring (bicyclic) bond motifs is 2. The monoisotopic (exact) mass is 404 g/mol. The number of carbonyl (C=O) groups excluding carboxylic acids is 2. The van der Waals surface area contributed by atoms with E-state index < -0.39 is 6.04 Å². The summed E-state index contributed by atoms with van der Waals surface area (Å²) in [7, 11) is 0. The number of thiazole rings is 1. The molecule has 1 amide bonds. The molecule has 0 N–H and O–H groups in total. The van der Waals surface area contributed by atoms with Gasteiger partial charge in [0.15, 0.2) is 4.80 Å². The quantitative estimate of drug-likeness (QED) is 0.462. The van der Waals surface area contributed by atoms with Crippen LogP contribution in [0.2, 0.25) is 0 Å². The molecule has 5 nitrogen and oxygen atoms in total. The van der Waals surface area contributed by atoms with Gasteiger partial charge in [0.2, 0.25) is 0 Å². The van der Waals surface area contributed by atoms with Gasteiger partial charge >= 0.3 is 5.97 Å². The third-order valence-electron chi connectivity index (χ3n) is 4.76. The molecular weight excluding hydrogens is 384 g/mol. The van der Waals surface area contributed by atoms with Crippen molar-refractivity contribution in [3.05, 3.63) is 77.1 Å². The largest absolute Gasteiger partial charge is 0.464 e. The lowest BCUT2D eigenvalue weighted by Crippen LogP contribution is -2.27. The van der Waals surface area contributed by atoms with Crippen molar-refractivity contribution in [2.45, 2.75) is 19.9 Å². The molecule has 0 saturated heterocycles. The second-order valence-corrected chi connectivity index (χ2v) is 7.60. The van der Waals surface area contributed by atoms with Gasteiger partial charge in [0.1, 0.15) is 6.04 Å². The Bertz CT molecular complexity index is 1280. The highest BCUT2D eigenvalue weighted by molar-refractivity contribution is 7.16. The van der Waals surface area contributed by atoms with Crippen LogP contribution in [0.4, 0.5) is 0 Å². The van der Waals surface area contributed by atoms with Crippen molar-refractivity contribution in [3.8, 4) is 0 Å². The number of carbonyl (C=O) groups is 2. The minimum absolute atomic E-state index is 0.299. The predicted molar refractivity (Wildman–Crippen MR) is 115 cm³/mol. The summed E-state index contributed by atoms with van der Waals surface area (Å²) in [5.41, 5.74) is 1.39. The second-order valence-electron chi connectivity index (χ2n) is 6.59. The van der Waals surface area contributed by atoms with Crippen LogP contribution in [0.3, 0.4) is 0 Å². The molecule has 0 saturated carbocycles. The lowest BCUT2D eigenvalue weighted by atomic mass is 10.0. The predicted octanol–water partition coefficient (Wildman–Crippen LogP) is 4.72. The number of para-hydroxylation sites is 1. The van der Waals surface area contributed by atoms with Crippen molar-refractivity contribution < 1.29 is 14.3 Å². The normalized spacial score (nSPS) is 13.0. The van der Waals surface area contributed by atoms with E-state index in [2.05, 4.69) is 4.99 Å². The summed E-state index contributed by atoms with van der Waals surface area (Å²) < 4.78 is 7.93. The number of ether oxygens (including phenoxy) is 1. The minimum atomic E-state index is -0.592. The van der Waals surface area contributed by atoms with Crippen molar-refractivity contribution in [1.82, 2.24) is 4.57 Å². The zero-order valence-corrected chi connectivity index (χ0v) is 17.0. The van der Waals surface area contributed by atoms with Crippen LogP contribution in [0, 0.1) is 0 Å². The maximum Gasteiger partial charge on any atom is 0.328 e. The van der Waals surface area contributed by atoms with E-state index in [1.165, 1.54) is 11.3 Å². The van der Waals surface area contributed by atoms with Crippen molar-refractivity contribution in [1.29, 1.82) is 0 Å². The lowest BCUT2D eigenvalue weighted by Gasteiger charge is -2.13. The van der Waals surface area contributed by atoms with Crippen LogP contribution in [0.1, 0.15) is 30.2 Å². The van der Waals surface area contributed by atoms with E-state index in [4.69, 9.17) is 4.74 Å². The lowest BCUT2D eigenvalue weighted by molar-refractivity contribution is -0.146. The molecule has 1 atom stereocenters. The molecule has 1 heterocycles. The summed E-state index contributed by atoms with van der Waals surface area (Å²) in [6.45, 7) is 3.84. The van der Waals surface area contributed by atoms with Gasteiger partial charge in [0, 0.05) is 5.56 Å². The van der Waals surface area contributed by atoms with Gasteiger partial charge in [-0.2, -0.15) is 4.99 Å². The highest BCUT2D eigenvalue weighted by Crippen LogP contribution is 2.22. The van der Waals surface area contributed by atoms with Crippen molar-refractivity contribution in [2.75, 3.05) is 6.61 Å². The maximum atomic E-state index is 13.1. The number of aromatic nitrogens is 1. The number of rotatable bonds is 4. The van der Waals surface area contributed by atoms with Gasteiger partial charge in [-0.25, -0.2) is 4.79 Å². The van der Waals surface area contributed by atoms with Crippen LogP contribution in [0.25, 0.3) is 21.0 Å². The summed E-state index contributed by atoms with van der Waals surface area (Å²) in [6.07, 6.45) is 0. The summed E-state index contributed by atoms with van der Waals surface area (Å²) in [5, 5.41) is 1.84. The van der Waals surface area contributed by atoms with Crippen molar-refractivity contribution in [3.63, 3.8) is 0 Å². The molecule has 1 aromatic heterocycles. The van der Waals surface area contributed by atoms with Crippen LogP contribution in [0.5, 0.6) is 0 Å². The zero-order valence-electron chi connectivity index (χ0n) is 16.2. The molecule has 1 unspecified atom stereocenters. The highest BCUT2D eigenvalue weighted by Gasteiger charge is 2.21. The Kier molecular flexibility index (Phi) is 5.27. The first kappa shape index (κ1) is 19.1. The van der Waals surface area contributed by atoms with E-state index in [0.29, 0.717) is 17.0 Å². The number of benzene rings is 3. The molecule has 0 fully saturated rings. The summed E-state index contributed by atoms with van der Waals surface area (Å²) >= 11 is 1.38. The zero-order chi connectivity index (χ0) is 20.4. The standard InChI is InChI=1S/C23H20N2O3S/c1-3-28-22(27)15(2)25-19-13-6-7-14-20(19)29-23(25)24-21(26)18-12-8-10-16-9-4-5-11-17(16)18/h4-15H,3H2,1-2H3/b24-23+. The molecule has 146 valence electrons. The summed E-state index contributed by atoms with van der Waals surface area (Å²) in [5.74, 6) is -0.687. The van der Waals surface area contributed by atoms with E-state index in [9.17, 15) is 9.59 Å². The molecule has 29 heavy (non-hydrogen) atoms. The summed E-state index contributed by atoms with van der Waals surface area (Å²) in [6, 6.07) is 20.4. The molecule has 3 aromatic carbocycles. The molecule has 6 heteroatoms. The molecule has 0 bridgehead atoms. The van der Waals surface area contributed by atoms with Crippen molar-refractivity contribution >= 4 is 44.2 Å². The Morgan fingerprint density at radius 3 is 2.59 bits per heavy atom. The van der Waals surface area contributed by atoms with Gasteiger partial charge in [-0.15, -0.1) is 0 Å². The minimum Gasteiger partial charge on any atom is -0.464 e. The molecule has 0 radical (unpaired) electrons. The molecule has 0 aliphatic heterocycles. The SMILES string of the molecule is CCOC(=O)C(C)n1/c(=N\C(=O)c2cccc3ccccc23)sc2ccccc21. The molecule has 4 aromatic rings. The van der Waals surface area contributed by atoms with E-state index in [-0.39, 0.29) is 11.9 Å². The fourth-order valence-electron chi connectivity index (χ4n) is 3.37. The van der Waals surface area contributed by atoms with Crippen LogP contribution in [0.15, 0.2) is 71.7 Å². The van der Waals surface area contributed by atoms with Crippen LogP contribution in [-0.4, -0.2) is 23.1 Å². The Labute approximate surface area is 171 Å². The fraction of sp³-hybridized carbons (Fsp3) is 0.174. The van der Waals surface area contributed by atoms with Crippen LogP contribution >= 0.6 is 11.3 Å². The highest BCUT2D eigenvalue weighted by atomic mass is 32.1. The van der Waals surface area contributed by atoms with Crippen molar-refractivity contribution in [2.24, 2.45) is 4.99 Å². The van der Waals surface area contributed by atoms with Crippen LogP contribution in [-0.2, 0) is 9.53 Å². The topological polar surface area (TPSA) is 60.7 Å². The van der Waals surface area contributed by atoms with E-state index in [1.54, 1.807) is 24.5 Å². The number of hydrogen-bond donors (Lipinski definition) is 0. The Hall–Kier alpha value is -3.25. The first-order chi connectivity index (χ1) is 14.1. The third-order valence-corrected chi connectivity index (χ3v) is 5.80. The van der Waals surface area contributed by atoms with Gasteiger partial charge < -0.3 is 9.30 Å². The second kappa shape index (κ2) is 8.01. The number of esters is 1. The van der Waals surface area contributed by atoms with E-state index >= 15 is 0 Å². The van der Waals surface area contributed by atoms with Gasteiger partial charge in [-0.1, -0.05) is 59.9 Å². The van der Waals surface area contributed by atoms with Gasteiger partial charge in [0.25, 0.3) is 5.91 Å². The Morgan fingerprint density at radius 2 is 1.76 bits per heavy atom. The molecule has 4 rings (SSSR count). The Morgan fingerprint density at radius 1 is 1.03 bits per heavy atom. The maximum absolute atomic E-state index is 13.1. The van der Waals surface area contributed by atoms with Crippen LogP contribution < -0.4 is 4.80 Å². The molecular formula is C23H20N2O3S. The van der Waals surface area contributed by atoms with E-state index in [1.807, 2.05) is 60.7 Å². The molecule has 0 spiro atoms. The fourth-order valence-corrected chi connectivity index (χ4v) is 4.47. The molecule has 0 aliphatic rings. The Balaban J connectivity index is 1.89. The number of nitrogens with zero attached hydrogens (tertiary/aromatic N) is 2. The third kappa shape index (κ3) is 3.59. The van der Waals surface area contributed by atoms with Gasteiger partial charge in [-0.05, 0) is 42.8 Å². The smallest absolute Gasteiger partial charge is 0.328 e. The van der Waals surface area contributed by atoms with Gasteiger partial charge in [0.05, 0.1) is 16.8 Å². The first-order valence-corrected chi connectivity index (χ1v) is 10.3.